The molecule has 0 saturated heterocycles. The standard InChI is InChI=1S/C13H17FN2O2S/c1-2-19-10-4-3-9(6-10)16-12-11(13(17)18)5-8(14)7-15-12/h5,7,9-10H,2-4,6H2,1H3,(H,15,16)(H,17,18). The molecule has 1 fully saturated rings. The minimum Gasteiger partial charge on any atom is -0.478 e. The van der Waals surface area contributed by atoms with Gasteiger partial charge in [0.2, 0.25) is 0 Å². The lowest BCUT2D eigenvalue weighted by atomic mass is 10.2. The Kier molecular flexibility index (Phi) is 4.63. The highest BCUT2D eigenvalue weighted by Gasteiger charge is 2.26. The summed E-state index contributed by atoms with van der Waals surface area (Å²) in [5, 5.41) is 12.8. The van der Waals surface area contributed by atoms with E-state index in [0.29, 0.717) is 5.25 Å². The van der Waals surface area contributed by atoms with E-state index in [0.717, 1.165) is 37.3 Å². The lowest BCUT2D eigenvalue weighted by Gasteiger charge is -2.15. The fraction of sp³-hybridized carbons (Fsp3) is 0.538. The maximum atomic E-state index is 13.0. The van der Waals surface area contributed by atoms with Crippen LogP contribution in [0.25, 0.3) is 0 Å². The summed E-state index contributed by atoms with van der Waals surface area (Å²) in [5.41, 5.74) is -0.105. The fourth-order valence-electron chi connectivity index (χ4n) is 2.37. The second kappa shape index (κ2) is 6.23. The lowest BCUT2D eigenvalue weighted by Crippen LogP contribution is -2.19. The van der Waals surface area contributed by atoms with E-state index in [-0.39, 0.29) is 17.4 Å². The molecule has 104 valence electrons. The van der Waals surface area contributed by atoms with E-state index in [1.54, 1.807) is 0 Å². The first-order chi connectivity index (χ1) is 9.10. The first kappa shape index (κ1) is 14.1. The molecule has 1 aromatic heterocycles. The molecule has 1 saturated carbocycles. The molecular weight excluding hydrogens is 267 g/mol. The van der Waals surface area contributed by atoms with Gasteiger partial charge in [0.1, 0.15) is 17.2 Å². The van der Waals surface area contributed by atoms with E-state index < -0.39 is 11.8 Å². The molecule has 2 atom stereocenters. The molecule has 1 aliphatic rings. The Labute approximate surface area is 115 Å². The Balaban J connectivity index is 2.05. The van der Waals surface area contributed by atoms with Gasteiger partial charge in [-0.25, -0.2) is 14.2 Å². The molecule has 19 heavy (non-hydrogen) atoms. The molecule has 0 amide bonds. The lowest BCUT2D eigenvalue weighted by molar-refractivity contribution is 0.0697. The zero-order chi connectivity index (χ0) is 13.8. The summed E-state index contributed by atoms with van der Waals surface area (Å²) in [4.78, 5) is 14.9. The predicted octanol–water partition coefficient (Wildman–Crippen LogP) is 3.01. The van der Waals surface area contributed by atoms with Crippen molar-refractivity contribution in [2.75, 3.05) is 11.1 Å². The summed E-state index contributed by atoms with van der Waals surface area (Å²) < 4.78 is 13.0. The Hall–Kier alpha value is -1.30. The number of carboxylic acid groups (broad SMARTS) is 1. The number of carboxylic acids is 1. The van der Waals surface area contributed by atoms with Gasteiger partial charge in [0, 0.05) is 11.3 Å². The molecule has 4 nitrogen and oxygen atoms in total. The van der Waals surface area contributed by atoms with Crippen LogP contribution in [0.5, 0.6) is 0 Å². The van der Waals surface area contributed by atoms with Crippen LogP contribution in [0.3, 0.4) is 0 Å². The van der Waals surface area contributed by atoms with Gasteiger partial charge in [0.25, 0.3) is 0 Å². The number of pyridine rings is 1. The summed E-state index contributed by atoms with van der Waals surface area (Å²) in [6.07, 6.45) is 4.16. The van der Waals surface area contributed by atoms with Crippen molar-refractivity contribution in [3.63, 3.8) is 0 Å². The van der Waals surface area contributed by atoms with E-state index in [2.05, 4.69) is 17.2 Å². The number of anilines is 1. The number of carbonyl (C=O) groups is 1. The number of nitrogens with zero attached hydrogens (tertiary/aromatic N) is 1. The Morgan fingerprint density at radius 3 is 3.11 bits per heavy atom. The number of halogens is 1. The molecule has 2 N–H and O–H groups in total. The number of hydrogen-bond donors (Lipinski definition) is 2. The average molecular weight is 284 g/mol. The van der Waals surface area contributed by atoms with Gasteiger partial charge >= 0.3 is 5.97 Å². The Morgan fingerprint density at radius 2 is 2.42 bits per heavy atom. The maximum Gasteiger partial charge on any atom is 0.339 e. The number of thioether (sulfide) groups is 1. The van der Waals surface area contributed by atoms with Gasteiger partial charge in [-0.1, -0.05) is 6.92 Å². The molecule has 1 aliphatic carbocycles. The van der Waals surface area contributed by atoms with Crippen molar-refractivity contribution in [2.45, 2.75) is 37.5 Å². The van der Waals surface area contributed by atoms with E-state index in [1.165, 1.54) is 0 Å². The third kappa shape index (κ3) is 3.59. The minimum absolute atomic E-state index is 0.105. The smallest absolute Gasteiger partial charge is 0.339 e. The van der Waals surface area contributed by atoms with Crippen molar-refractivity contribution in [3.05, 3.63) is 23.6 Å². The topological polar surface area (TPSA) is 62.2 Å². The molecule has 1 aromatic rings. The quantitative estimate of drug-likeness (QED) is 0.870. The maximum absolute atomic E-state index is 13.0. The van der Waals surface area contributed by atoms with Gasteiger partial charge in [-0.3, -0.25) is 0 Å². The molecular formula is C13H17FN2O2S. The molecule has 1 heterocycles. The number of hydrogen-bond acceptors (Lipinski definition) is 4. The van der Waals surface area contributed by atoms with Crippen molar-refractivity contribution >= 4 is 23.5 Å². The second-order valence-corrected chi connectivity index (χ2v) is 6.16. The molecule has 6 heteroatoms. The number of aromatic carboxylic acids is 1. The summed E-state index contributed by atoms with van der Waals surface area (Å²) in [5.74, 6) is -0.436. The largest absolute Gasteiger partial charge is 0.478 e. The zero-order valence-electron chi connectivity index (χ0n) is 10.7. The number of nitrogens with one attached hydrogen (secondary N) is 1. The van der Waals surface area contributed by atoms with Crippen LogP contribution < -0.4 is 5.32 Å². The van der Waals surface area contributed by atoms with Gasteiger partial charge in [0.05, 0.1) is 6.20 Å². The normalized spacial score (nSPS) is 22.4. The van der Waals surface area contributed by atoms with E-state index in [1.807, 2.05) is 11.8 Å². The predicted molar refractivity (Wildman–Crippen MR) is 74.3 cm³/mol. The first-order valence-electron chi connectivity index (χ1n) is 6.37. The van der Waals surface area contributed by atoms with Gasteiger partial charge in [-0.15, -0.1) is 0 Å². The van der Waals surface area contributed by atoms with Crippen LogP contribution in [-0.2, 0) is 0 Å². The molecule has 0 radical (unpaired) electrons. The van der Waals surface area contributed by atoms with Crippen molar-refractivity contribution < 1.29 is 14.3 Å². The second-order valence-electron chi connectivity index (χ2n) is 4.59. The van der Waals surface area contributed by atoms with Crippen molar-refractivity contribution in [2.24, 2.45) is 0 Å². The summed E-state index contributed by atoms with van der Waals surface area (Å²) >= 11 is 1.93. The van der Waals surface area contributed by atoms with Crippen LogP contribution in [0.4, 0.5) is 10.2 Å². The van der Waals surface area contributed by atoms with Crippen LogP contribution in [0.15, 0.2) is 12.3 Å². The van der Waals surface area contributed by atoms with E-state index >= 15 is 0 Å². The van der Waals surface area contributed by atoms with Crippen LogP contribution >= 0.6 is 11.8 Å². The minimum atomic E-state index is -1.16. The summed E-state index contributed by atoms with van der Waals surface area (Å²) in [7, 11) is 0. The van der Waals surface area contributed by atoms with Gasteiger partial charge in [-0.05, 0) is 31.1 Å². The van der Waals surface area contributed by atoms with Gasteiger partial charge in [0.15, 0.2) is 0 Å². The van der Waals surface area contributed by atoms with Crippen molar-refractivity contribution in [3.8, 4) is 0 Å². The molecule has 0 aromatic carbocycles. The highest BCUT2D eigenvalue weighted by atomic mass is 32.2. The number of aromatic nitrogens is 1. The molecule has 2 rings (SSSR count). The van der Waals surface area contributed by atoms with Gasteiger partial charge in [-0.2, -0.15) is 11.8 Å². The molecule has 2 unspecified atom stereocenters. The Morgan fingerprint density at radius 1 is 1.63 bits per heavy atom. The van der Waals surface area contributed by atoms with E-state index in [9.17, 15) is 9.18 Å². The fourth-order valence-corrected chi connectivity index (χ4v) is 3.51. The molecule has 0 bridgehead atoms. The Bertz CT molecular complexity index is 470. The third-order valence-electron chi connectivity index (χ3n) is 3.21. The highest BCUT2D eigenvalue weighted by molar-refractivity contribution is 7.99. The number of rotatable bonds is 5. The van der Waals surface area contributed by atoms with Crippen molar-refractivity contribution in [1.29, 1.82) is 0 Å². The van der Waals surface area contributed by atoms with Crippen LogP contribution in [0, 0.1) is 5.82 Å². The summed E-state index contributed by atoms with van der Waals surface area (Å²) in [6, 6.07) is 1.23. The zero-order valence-corrected chi connectivity index (χ0v) is 11.5. The molecule has 0 spiro atoms. The van der Waals surface area contributed by atoms with Crippen molar-refractivity contribution in [1.82, 2.24) is 4.98 Å². The highest BCUT2D eigenvalue weighted by Crippen LogP contribution is 2.31. The monoisotopic (exact) mass is 284 g/mol. The van der Waals surface area contributed by atoms with Crippen LogP contribution in [-0.4, -0.2) is 33.1 Å². The third-order valence-corrected chi connectivity index (χ3v) is 4.45. The average Bonchev–Trinajstić information content (AvgIpc) is 2.79. The molecule has 0 aliphatic heterocycles. The SMILES string of the molecule is CCSC1CCC(Nc2ncc(F)cc2C(=O)O)C1. The van der Waals surface area contributed by atoms with Gasteiger partial charge < -0.3 is 10.4 Å². The van der Waals surface area contributed by atoms with Crippen LogP contribution in [0.1, 0.15) is 36.5 Å². The van der Waals surface area contributed by atoms with E-state index in [4.69, 9.17) is 5.11 Å². The van der Waals surface area contributed by atoms with Crippen LogP contribution in [0.2, 0.25) is 0 Å². The first-order valence-corrected chi connectivity index (χ1v) is 7.42. The summed E-state index contributed by atoms with van der Waals surface area (Å²) in [6.45, 7) is 2.13.